The van der Waals surface area contributed by atoms with E-state index in [0.717, 1.165) is 6.42 Å². The fourth-order valence-electron chi connectivity index (χ4n) is 1.52. The van der Waals surface area contributed by atoms with Gasteiger partial charge in [0, 0.05) is 17.4 Å². The van der Waals surface area contributed by atoms with E-state index in [-0.39, 0.29) is 11.7 Å². The quantitative estimate of drug-likeness (QED) is 0.915. The van der Waals surface area contributed by atoms with Crippen LogP contribution in [0.25, 0.3) is 11.3 Å². The number of carbonyl (C=O) groups is 1. The summed E-state index contributed by atoms with van der Waals surface area (Å²) in [6.07, 6.45) is 1.28. The van der Waals surface area contributed by atoms with Gasteiger partial charge >= 0.3 is 0 Å². The lowest BCUT2D eigenvalue weighted by Crippen LogP contribution is -2.10. The molecule has 0 fully saturated rings. The minimum absolute atomic E-state index is 0.0438. The molecule has 0 saturated carbocycles. The van der Waals surface area contributed by atoms with Gasteiger partial charge in [0.2, 0.25) is 5.91 Å². The number of hydrogen-bond donors (Lipinski definition) is 1. The minimum Gasteiger partial charge on any atom is -0.302 e. The normalized spacial score (nSPS) is 10.3. The van der Waals surface area contributed by atoms with E-state index >= 15 is 0 Å². The number of nitrogens with zero attached hydrogens (tertiary/aromatic N) is 1. The van der Waals surface area contributed by atoms with Crippen LogP contribution in [0.1, 0.15) is 19.8 Å². The SMILES string of the molecule is CCCC(=O)Nc1nc(-c2cccc(F)c2)cs1. The van der Waals surface area contributed by atoms with Gasteiger partial charge in [-0.15, -0.1) is 11.3 Å². The number of carbonyl (C=O) groups excluding carboxylic acids is 1. The van der Waals surface area contributed by atoms with E-state index in [4.69, 9.17) is 0 Å². The average molecular weight is 264 g/mol. The van der Waals surface area contributed by atoms with Crippen LogP contribution in [-0.2, 0) is 4.79 Å². The standard InChI is InChI=1S/C13H13FN2OS/c1-2-4-12(17)16-13-15-11(8-18-13)9-5-3-6-10(14)7-9/h3,5-8H,2,4H2,1H3,(H,15,16,17). The van der Waals surface area contributed by atoms with Crippen LogP contribution in [0.2, 0.25) is 0 Å². The molecule has 1 heterocycles. The van der Waals surface area contributed by atoms with Gasteiger partial charge in [0.15, 0.2) is 5.13 Å². The Morgan fingerprint density at radius 1 is 1.50 bits per heavy atom. The zero-order valence-electron chi connectivity index (χ0n) is 9.94. The molecular weight excluding hydrogens is 251 g/mol. The third-order valence-corrected chi connectivity index (χ3v) is 3.11. The van der Waals surface area contributed by atoms with Gasteiger partial charge in [-0.3, -0.25) is 4.79 Å². The van der Waals surface area contributed by atoms with E-state index in [9.17, 15) is 9.18 Å². The highest BCUT2D eigenvalue weighted by atomic mass is 32.1. The fraction of sp³-hybridized carbons (Fsp3) is 0.231. The Bertz CT molecular complexity index is 553. The zero-order chi connectivity index (χ0) is 13.0. The Hall–Kier alpha value is -1.75. The molecule has 0 atom stereocenters. The summed E-state index contributed by atoms with van der Waals surface area (Å²) in [5, 5.41) is 5.07. The van der Waals surface area contributed by atoms with E-state index in [2.05, 4.69) is 10.3 Å². The first kappa shape index (κ1) is 12.7. The van der Waals surface area contributed by atoms with Crippen LogP contribution in [0.5, 0.6) is 0 Å². The molecule has 3 nitrogen and oxygen atoms in total. The van der Waals surface area contributed by atoms with Crippen molar-refractivity contribution < 1.29 is 9.18 Å². The number of hydrogen-bond acceptors (Lipinski definition) is 3. The molecule has 1 N–H and O–H groups in total. The van der Waals surface area contributed by atoms with E-state index in [1.165, 1.54) is 23.5 Å². The zero-order valence-corrected chi connectivity index (χ0v) is 10.8. The number of benzene rings is 1. The average Bonchev–Trinajstić information content (AvgIpc) is 2.78. The smallest absolute Gasteiger partial charge is 0.226 e. The van der Waals surface area contributed by atoms with Crippen molar-refractivity contribution >= 4 is 22.4 Å². The third-order valence-electron chi connectivity index (χ3n) is 2.35. The molecule has 0 aliphatic heterocycles. The molecule has 0 radical (unpaired) electrons. The Labute approximate surface area is 109 Å². The predicted molar refractivity (Wildman–Crippen MR) is 71.0 cm³/mol. The molecule has 0 aliphatic rings. The van der Waals surface area contributed by atoms with Gasteiger partial charge in [0.05, 0.1) is 5.69 Å². The fourth-order valence-corrected chi connectivity index (χ4v) is 2.26. The number of anilines is 1. The lowest BCUT2D eigenvalue weighted by molar-refractivity contribution is -0.116. The molecule has 2 aromatic rings. The van der Waals surface area contributed by atoms with Crippen molar-refractivity contribution in [1.29, 1.82) is 0 Å². The Morgan fingerprint density at radius 2 is 2.33 bits per heavy atom. The van der Waals surface area contributed by atoms with E-state index in [1.54, 1.807) is 17.5 Å². The van der Waals surface area contributed by atoms with Crippen molar-refractivity contribution in [1.82, 2.24) is 4.98 Å². The molecule has 18 heavy (non-hydrogen) atoms. The molecule has 1 aromatic heterocycles. The van der Waals surface area contributed by atoms with Crippen LogP contribution < -0.4 is 5.32 Å². The maximum atomic E-state index is 13.1. The molecule has 94 valence electrons. The minimum atomic E-state index is -0.294. The summed E-state index contributed by atoms with van der Waals surface area (Å²) in [6.45, 7) is 1.94. The van der Waals surface area contributed by atoms with Crippen molar-refractivity contribution in [3.63, 3.8) is 0 Å². The first-order chi connectivity index (χ1) is 8.69. The molecule has 0 saturated heterocycles. The molecule has 0 aliphatic carbocycles. The highest BCUT2D eigenvalue weighted by molar-refractivity contribution is 7.14. The van der Waals surface area contributed by atoms with Gasteiger partial charge in [-0.2, -0.15) is 0 Å². The molecule has 0 unspecified atom stereocenters. The summed E-state index contributed by atoms with van der Waals surface area (Å²) in [4.78, 5) is 15.7. The maximum Gasteiger partial charge on any atom is 0.226 e. The summed E-state index contributed by atoms with van der Waals surface area (Å²) in [5.41, 5.74) is 1.38. The van der Waals surface area contributed by atoms with E-state index in [0.29, 0.717) is 22.8 Å². The third kappa shape index (κ3) is 3.13. The molecule has 0 bridgehead atoms. The highest BCUT2D eigenvalue weighted by Gasteiger charge is 2.07. The lowest BCUT2D eigenvalue weighted by atomic mass is 10.2. The van der Waals surface area contributed by atoms with Crippen LogP contribution in [0.4, 0.5) is 9.52 Å². The van der Waals surface area contributed by atoms with Crippen LogP contribution in [0.15, 0.2) is 29.6 Å². The van der Waals surface area contributed by atoms with Crippen molar-refractivity contribution in [3.05, 3.63) is 35.5 Å². The van der Waals surface area contributed by atoms with Gasteiger partial charge in [-0.25, -0.2) is 9.37 Å². The summed E-state index contributed by atoms with van der Waals surface area (Å²) >= 11 is 1.34. The molecule has 5 heteroatoms. The topological polar surface area (TPSA) is 42.0 Å². The van der Waals surface area contributed by atoms with Gasteiger partial charge in [0.1, 0.15) is 5.82 Å². The predicted octanol–water partition coefficient (Wildman–Crippen LogP) is 3.69. The van der Waals surface area contributed by atoms with Gasteiger partial charge in [0.25, 0.3) is 0 Å². The number of nitrogens with one attached hydrogen (secondary N) is 1. The Balaban J connectivity index is 2.13. The van der Waals surface area contributed by atoms with Gasteiger partial charge in [-0.05, 0) is 18.6 Å². The molecule has 1 amide bonds. The maximum absolute atomic E-state index is 13.1. The second kappa shape index (κ2) is 5.73. The summed E-state index contributed by atoms with van der Waals surface area (Å²) in [7, 11) is 0. The highest BCUT2D eigenvalue weighted by Crippen LogP contribution is 2.25. The van der Waals surface area contributed by atoms with Crippen LogP contribution >= 0.6 is 11.3 Å². The second-order valence-corrected chi connectivity index (χ2v) is 4.70. The van der Waals surface area contributed by atoms with Gasteiger partial charge in [-0.1, -0.05) is 19.1 Å². The van der Waals surface area contributed by atoms with Crippen LogP contribution in [-0.4, -0.2) is 10.9 Å². The van der Waals surface area contributed by atoms with Crippen molar-refractivity contribution in [2.45, 2.75) is 19.8 Å². The van der Waals surface area contributed by atoms with E-state index in [1.807, 2.05) is 6.92 Å². The largest absolute Gasteiger partial charge is 0.302 e. The number of amides is 1. The number of rotatable bonds is 4. The van der Waals surface area contributed by atoms with Crippen LogP contribution in [0.3, 0.4) is 0 Å². The van der Waals surface area contributed by atoms with E-state index < -0.39 is 0 Å². The Kier molecular flexibility index (Phi) is 4.04. The summed E-state index contributed by atoms with van der Waals surface area (Å²) in [6, 6.07) is 6.24. The van der Waals surface area contributed by atoms with Crippen molar-refractivity contribution in [2.75, 3.05) is 5.32 Å². The number of thiazole rings is 1. The number of halogens is 1. The first-order valence-corrected chi connectivity index (χ1v) is 6.58. The summed E-state index contributed by atoms with van der Waals surface area (Å²) in [5.74, 6) is -0.338. The van der Waals surface area contributed by atoms with Crippen molar-refractivity contribution in [3.8, 4) is 11.3 Å². The molecule has 1 aromatic carbocycles. The number of aromatic nitrogens is 1. The molecule has 0 spiro atoms. The molecular formula is C13H13FN2OS. The second-order valence-electron chi connectivity index (χ2n) is 3.85. The van der Waals surface area contributed by atoms with Crippen molar-refractivity contribution in [2.24, 2.45) is 0 Å². The summed E-state index contributed by atoms with van der Waals surface area (Å²) < 4.78 is 13.1. The van der Waals surface area contributed by atoms with Crippen LogP contribution in [0, 0.1) is 5.82 Å². The Morgan fingerprint density at radius 3 is 3.06 bits per heavy atom. The monoisotopic (exact) mass is 264 g/mol. The first-order valence-electron chi connectivity index (χ1n) is 5.70. The lowest BCUT2D eigenvalue weighted by Gasteiger charge is -1.99. The van der Waals surface area contributed by atoms with Gasteiger partial charge < -0.3 is 5.32 Å². The molecule has 2 rings (SSSR count).